The molecule has 112 valence electrons. The van der Waals surface area contributed by atoms with Crippen molar-refractivity contribution >= 4 is 0 Å². The van der Waals surface area contributed by atoms with Crippen LogP contribution in [-0.2, 0) is 6.42 Å². The largest absolute Gasteiger partial charge is 0.323 e. The van der Waals surface area contributed by atoms with E-state index in [2.05, 4.69) is 41.2 Å². The third-order valence-electron chi connectivity index (χ3n) is 3.58. The molecule has 0 aliphatic carbocycles. The van der Waals surface area contributed by atoms with Gasteiger partial charge in [0, 0.05) is 12.6 Å². The molecule has 0 fully saturated rings. The predicted molar refractivity (Wildman–Crippen MR) is 83.4 cm³/mol. The van der Waals surface area contributed by atoms with Gasteiger partial charge in [-0.15, -0.1) is 0 Å². The number of pyridine rings is 1. The fraction of sp³-hybridized carbons (Fsp3) is 0.353. The van der Waals surface area contributed by atoms with Crippen LogP contribution in [0.15, 0.2) is 48.7 Å². The SMILES string of the molecule is CN(CCc1ccccc1)CCC(N)c1ccc(F)cn1. The summed E-state index contributed by atoms with van der Waals surface area (Å²) in [6, 6.07) is 13.3. The average molecular weight is 287 g/mol. The van der Waals surface area contributed by atoms with Gasteiger partial charge in [-0.05, 0) is 44.1 Å². The minimum atomic E-state index is -0.328. The lowest BCUT2D eigenvalue weighted by Gasteiger charge is -2.19. The van der Waals surface area contributed by atoms with Crippen LogP contribution in [0.1, 0.15) is 23.7 Å². The van der Waals surface area contributed by atoms with Crippen molar-refractivity contribution in [3.05, 3.63) is 65.7 Å². The topological polar surface area (TPSA) is 42.1 Å². The number of rotatable bonds is 7. The van der Waals surface area contributed by atoms with E-state index in [-0.39, 0.29) is 11.9 Å². The Morgan fingerprint density at radius 1 is 1.14 bits per heavy atom. The zero-order chi connectivity index (χ0) is 15.1. The number of nitrogens with zero attached hydrogens (tertiary/aromatic N) is 2. The van der Waals surface area contributed by atoms with Crippen molar-refractivity contribution in [2.24, 2.45) is 5.73 Å². The van der Waals surface area contributed by atoms with E-state index in [1.165, 1.54) is 17.8 Å². The first kappa shape index (κ1) is 15.6. The minimum absolute atomic E-state index is 0.148. The first-order valence-electron chi connectivity index (χ1n) is 7.24. The van der Waals surface area contributed by atoms with Gasteiger partial charge >= 0.3 is 0 Å². The van der Waals surface area contributed by atoms with Crippen LogP contribution in [0.25, 0.3) is 0 Å². The third-order valence-corrected chi connectivity index (χ3v) is 3.58. The molecule has 0 saturated carbocycles. The Balaban J connectivity index is 1.73. The van der Waals surface area contributed by atoms with E-state index in [0.717, 1.165) is 31.6 Å². The van der Waals surface area contributed by atoms with Crippen molar-refractivity contribution in [1.82, 2.24) is 9.88 Å². The van der Waals surface area contributed by atoms with Gasteiger partial charge in [-0.1, -0.05) is 30.3 Å². The van der Waals surface area contributed by atoms with Crippen molar-refractivity contribution in [3.63, 3.8) is 0 Å². The molecule has 21 heavy (non-hydrogen) atoms. The molecular weight excluding hydrogens is 265 g/mol. The number of hydrogen-bond acceptors (Lipinski definition) is 3. The molecule has 4 heteroatoms. The molecule has 0 aliphatic rings. The summed E-state index contributed by atoms with van der Waals surface area (Å²) in [6.07, 6.45) is 3.06. The van der Waals surface area contributed by atoms with Gasteiger partial charge in [0.1, 0.15) is 5.82 Å². The van der Waals surface area contributed by atoms with Crippen molar-refractivity contribution < 1.29 is 4.39 Å². The van der Waals surface area contributed by atoms with Gasteiger partial charge < -0.3 is 10.6 Å². The summed E-state index contributed by atoms with van der Waals surface area (Å²) in [5.74, 6) is -0.328. The highest BCUT2D eigenvalue weighted by molar-refractivity contribution is 5.14. The molecule has 0 spiro atoms. The average Bonchev–Trinajstić information content (AvgIpc) is 2.52. The molecule has 0 saturated heterocycles. The van der Waals surface area contributed by atoms with Gasteiger partial charge in [0.25, 0.3) is 0 Å². The van der Waals surface area contributed by atoms with Gasteiger partial charge in [-0.25, -0.2) is 4.39 Å². The molecule has 1 heterocycles. The zero-order valence-corrected chi connectivity index (χ0v) is 12.4. The highest BCUT2D eigenvalue weighted by Gasteiger charge is 2.09. The molecule has 0 bridgehead atoms. The maximum absolute atomic E-state index is 12.8. The minimum Gasteiger partial charge on any atom is -0.323 e. The maximum Gasteiger partial charge on any atom is 0.141 e. The summed E-state index contributed by atoms with van der Waals surface area (Å²) in [5.41, 5.74) is 8.17. The number of aromatic nitrogens is 1. The molecule has 3 nitrogen and oxygen atoms in total. The van der Waals surface area contributed by atoms with Crippen molar-refractivity contribution in [2.75, 3.05) is 20.1 Å². The summed E-state index contributed by atoms with van der Waals surface area (Å²) in [5, 5.41) is 0. The second kappa shape index (κ2) is 7.86. The summed E-state index contributed by atoms with van der Waals surface area (Å²) >= 11 is 0. The van der Waals surface area contributed by atoms with Gasteiger partial charge in [-0.3, -0.25) is 4.98 Å². The molecule has 2 rings (SSSR count). The Hall–Kier alpha value is -1.78. The fourth-order valence-corrected chi connectivity index (χ4v) is 2.19. The summed E-state index contributed by atoms with van der Waals surface area (Å²) in [4.78, 5) is 6.29. The van der Waals surface area contributed by atoms with Crippen LogP contribution in [-0.4, -0.2) is 30.0 Å². The Labute approximate surface area is 125 Å². The van der Waals surface area contributed by atoms with Crippen LogP contribution in [0.2, 0.25) is 0 Å². The molecule has 1 aromatic carbocycles. The first-order valence-corrected chi connectivity index (χ1v) is 7.24. The number of likely N-dealkylation sites (N-methyl/N-ethyl adjacent to an activating group) is 1. The van der Waals surface area contributed by atoms with E-state index >= 15 is 0 Å². The Bertz CT molecular complexity index is 527. The quantitative estimate of drug-likeness (QED) is 0.851. The molecule has 2 N–H and O–H groups in total. The van der Waals surface area contributed by atoms with Crippen molar-refractivity contribution in [2.45, 2.75) is 18.9 Å². The van der Waals surface area contributed by atoms with E-state index in [1.807, 2.05) is 6.07 Å². The number of hydrogen-bond donors (Lipinski definition) is 1. The Morgan fingerprint density at radius 2 is 1.90 bits per heavy atom. The van der Waals surface area contributed by atoms with Gasteiger partial charge in [0.15, 0.2) is 0 Å². The van der Waals surface area contributed by atoms with Crippen molar-refractivity contribution in [1.29, 1.82) is 0 Å². The van der Waals surface area contributed by atoms with Crippen LogP contribution in [0, 0.1) is 5.82 Å². The van der Waals surface area contributed by atoms with E-state index in [1.54, 1.807) is 6.07 Å². The molecule has 0 aliphatic heterocycles. The monoisotopic (exact) mass is 287 g/mol. The lowest BCUT2D eigenvalue weighted by Crippen LogP contribution is -2.26. The van der Waals surface area contributed by atoms with Crippen LogP contribution in [0.5, 0.6) is 0 Å². The van der Waals surface area contributed by atoms with Gasteiger partial charge in [0.2, 0.25) is 0 Å². The summed E-state index contributed by atoms with van der Waals surface area (Å²) < 4.78 is 12.8. The molecule has 1 atom stereocenters. The lowest BCUT2D eigenvalue weighted by molar-refractivity contribution is 0.321. The van der Waals surface area contributed by atoms with Gasteiger partial charge in [0.05, 0.1) is 11.9 Å². The summed E-state index contributed by atoms with van der Waals surface area (Å²) in [6.45, 7) is 1.89. The molecular formula is C17H22FN3. The maximum atomic E-state index is 12.8. The van der Waals surface area contributed by atoms with E-state index < -0.39 is 0 Å². The molecule has 0 amide bonds. The summed E-state index contributed by atoms with van der Waals surface area (Å²) in [7, 11) is 2.09. The normalized spacial score (nSPS) is 12.6. The number of benzene rings is 1. The first-order chi connectivity index (χ1) is 10.1. The van der Waals surface area contributed by atoms with Crippen molar-refractivity contribution in [3.8, 4) is 0 Å². The predicted octanol–water partition coefficient (Wildman–Crippen LogP) is 2.79. The molecule has 1 unspecified atom stereocenters. The number of nitrogens with two attached hydrogens (primary N) is 1. The highest BCUT2D eigenvalue weighted by atomic mass is 19.1. The van der Waals surface area contributed by atoms with E-state index in [9.17, 15) is 4.39 Å². The Kier molecular flexibility index (Phi) is 5.84. The van der Waals surface area contributed by atoms with E-state index in [0.29, 0.717) is 0 Å². The van der Waals surface area contributed by atoms with Crippen LogP contribution in [0.4, 0.5) is 4.39 Å². The molecule has 0 radical (unpaired) electrons. The standard InChI is InChI=1S/C17H22FN3/c1-21(11-9-14-5-3-2-4-6-14)12-10-16(19)17-8-7-15(18)13-20-17/h2-8,13,16H,9-12,19H2,1H3. The second-order valence-corrected chi connectivity index (χ2v) is 5.34. The Morgan fingerprint density at radius 3 is 2.57 bits per heavy atom. The zero-order valence-electron chi connectivity index (χ0n) is 12.4. The fourth-order valence-electron chi connectivity index (χ4n) is 2.19. The van der Waals surface area contributed by atoms with Gasteiger partial charge in [-0.2, -0.15) is 0 Å². The van der Waals surface area contributed by atoms with Crippen LogP contribution < -0.4 is 5.73 Å². The number of halogens is 1. The smallest absolute Gasteiger partial charge is 0.141 e. The highest BCUT2D eigenvalue weighted by Crippen LogP contribution is 2.12. The molecule has 2 aromatic rings. The lowest BCUT2D eigenvalue weighted by atomic mass is 10.1. The second-order valence-electron chi connectivity index (χ2n) is 5.34. The van der Waals surface area contributed by atoms with E-state index in [4.69, 9.17) is 5.73 Å². The van der Waals surface area contributed by atoms with Crippen LogP contribution in [0.3, 0.4) is 0 Å². The molecule has 1 aromatic heterocycles. The third kappa shape index (κ3) is 5.25. The van der Waals surface area contributed by atoms with Crippen LogP contribution >= 0.6 is 0 Å².